The van der Waals surface area contributed by atoms with Crippen LogP contribution in [0.3, 0.4) is 0 Å². The predicted octanol–water partition coefficient (Wildman–Crippen LogP) is 2.44. The molecule has 0 aliphatic heterocycles. The molecule has 0 heterocycles. The van der Waals surface area contributed by atoms with E-state index in [0.29, 0.717) is 12.0 Å². The van der Waals surface area contributed by atoms with E-state index in [1.165, 1.54) is 18.2 Å². The smallest absolute Gasteiger partial charge is 0.258 e. The molecule has 0 saturated carbocycles. The highest BCUT2D eigenvalue weighted by Crippen LogP contribution is 2.12. The van der Waals surface area contributed by atoms with Crippen LogP contribution in [0.5, 0.6) is 0 Å². The molecule has 128 valence electrons. The molecule has 2 aromatic carbocycles. The van der Waals surface area contributed by atoms with Crippen LogP contribution in [0.15, 0.2) is 48.5 Å². The summed E-state index contributed by atoms with van der Waals surface area (Å²) < 4.78 is 39.8. The maximum Gasteiger partial charge on any atom is 0.269 e. The lowest BCUT2D eigenvalue weighted by Crippen LogP contribution is -2.29. The first-order valence-electron chi connectivity index (χ1n) is 7.31. The molecule has 0 fully saturated rings. The Hall–Kier alpha value is -2.32. The van der Waals surface area contributed by atoms with E-state index in [9.17, 15) is 22.9 Å². The van der Waals surface area contributed by atoms with Crippen molar-refractivity contribution in [3.8, 4) is 0 Å². The fourth-order valence-electron chi connectivity index (χ4n) is 2.15. The third-order valence-corrected chi connectivity index (χ3v) is 4.87. The average Bonchev–Trinajstić information content (AvgIpc) is 2.54. The number of nitro groups is 1. The lowest BCUT2D eigenvalue weighted by molar-refractivity contribution is -0.384. The van der Waals surface area contributed by atoms with Crippen molar-refractivity contribution in [1.82, 2.24) is 4.72 Å². The molecule has 0 aromatic heterocycles. The minimum atomic E-state index is -3.51. The lowest BCUT2D eigenvalue weighted by Gasteiger charge is -2.07. The first-order valence-corrected chi connectivity index (χ1v) is 8.97. The largest absolute Gasteiger partial charge is 0.269 e. The van der Waals surface area contributed by atoms with Crippen molar-refractivity contribution < 1.29 is 17.7 Å². The summed E-state index contributed by atoms with van der Waals surface area (Å²) in [6, 6.07) is 12.0. The Kier molecular flexibility index (Phi) is 5.99. The highest BCUT2D eigenvalue weighted by Gasteiger charge is 2.12. The molecule has 0 spiro atoms. The molecule has 8 heteroatoms. The van der Waals surface area contributed by atoms with Crippen molar-refractivity contribution in [3.05, 3.63) is 75.6 Å². The molecule has 2 aromatic rings. The van der Waals surface area contributed by atoms with Gasteiger partial charge in [0.05, 0.1) is 10.7 Å². The minimum Gasteiger partial charge on any atom is -0.258 e. The van der Waals surface area contributed by atoms with E-state index < -0.39 is 20.8 Å². The fourth-order valence-corrected chi connectivity index (χ4v) is 3.20. The Labute approximate surface area is 139 Å². The molecule has 0 amide bonds. The Morgan fingerprint density at radius 1 is 1.04 bits per heavy atom. The Bertz CT molecular complexity index is 807. The van der Waals surface area contributed by atoms with Crippen molar-refractivity contribution in [1.29, 1.82) is 0 Å². The maximum atomic E-state index is 13.5. The normalized spacial score (nSPS) is 11.4. The van der Waals surface area contributed by atoms with E-state index in [2.05, 4.69) is 4.72 Å². The summed E-state index contributed by atoms with van der Waals surface area (Å²) in [4.78, 5) is 10.1. The van der Waals surface area contributed by atoms with Crippen LogP contribution in [-0.4, -0.2) is 25.6 Å². The van der Waals surface area contributed by atoms with E-state index in [1.807, 2.05) is 0 Å². The molecule has 0 bridgehead atoms. The summed E-state index contributed by atoms with van der Waals surface area (Å²) in [6.45, 7) is 0.178. The van der Waals surface area contributed by atoms with E-state index in [4.69, 9.17) is 0 Å². The van der Waals surface area contributed by atoms with Gasteiger partial charge in [-0.1, -0.05) is 30.3 Å². The molecule has 24 heavy (non-hydrogen) atoms. The summed E-state index contributed by atoms with van der Waals surface area (Å²) in [5.74, 6) is -0.618. The zero-order valence-electron chi connectivity index (χ0n) is 12.8. The van der Waals surface area contributed by atoms with Crippen LogP contribution < -0.4 is 4.72 Å². The second-order valence-corrected chi connectivity index (χ2v) is 7.15. The van der Waals surface area contributed by atoms with Crippen LogP contribution in [0.4, 0.5) is 10.1 Å². The number of hydrogen-bond acceptors (Lipinski definition) is 4. The molecule has 0 saturated heterocycles. The van der Waals surface area contributed by atoms with E-state index >= 15 is 0 Å². The minimum absolute atomic E-state index is 0.00998. The van der Waals surface area contributed by atoms with Gasteiger partial charge in [0.1, 0.15) is 5.82 Å². The van der Waals surface area contributed by atoms with Gasteiger partial charge in [0.2, 0.25) is 10.0 Å². The van der Waals surface area contributed by atoms with E-state index in [0.717, 1.165) is 5.56 Å². The fraction of sp³-hybridized carbons (Fsp3) is 0.250. The second-order valence-electron chi connectivity index (χ2n) is 5.23. The quantitative estimate of drug-likeness (QED) is 0.584. The number of nitro benzene ring substituents is 1. The highest BCUT2D eigenvalue weighted by molar-refractivity contribution is 7.89. The Balaban J connectivity index is 1.82. The van der Waals surface area contributed by atoms with Gasteiger partial charge in [-0.15, -0.1) is 0 Å². The van der Waals surface area contributed by atoms with Crippen LogP contribution in [0, 0.1) is 15.9 Å². The monoisotopic (exact) mass is 352 g/mol. The maximum absolute atomic E-state index is 13.5. The Morgan fingerprint density at radius 2 is 1.71 bits per heavy atom. The van der Waals surface area contributed by atoms with E-state index in [1.54, 1.807) is 30.3 Å². The molecule has 0 radical (unpaired) electrons. The summed E-state index contributed by atoms with van der Waals surface area (Å²) in [7, 11) is -3.51. The lowest BCUT2D eigenvalue weighted by atomic mass is 10.1. The standard InChI is InChI=1S/C16H17FN2O4S/c17-16-4-2-1-3-14(16)10-12-24(22,23)18-11-9-13-5-7-15(8-6-13)19(20)21/h1-8,18H,9-12H2. The number of nitrogens with one attached hydrogen (secondary N) is 1. The number of nitrogens with zero attached hydrogens (tertiary/aromatic N) is 1. The number of non-ortho nitro benzene ring substituents is 1. The van der Waals surface area contributed by atoms with Gasteiger partial charge in [-0.05, 0) is 30.0 Å². The molecule has 6 nitrogen and oxygen atoms in total. The average molecular weight is 352 g/mol. The van der Waals surface area contributed by atoms with Gasteiger partial charge in [0, 0.05) is 18.7 Å². The van der Waals surface area contributed by atoms with Crippen LogP contribution in [0.2, 0.25) is 0 Å². The zero-order valence-corrected chi connectivity index (χ0v) is 13.6. The van der Waals surface area contributed by atoms with Crippen LogP contribution in [-0.2, 0) is 22.9 Å². The molecular weight excluding hydrogens is 335 g/mol. The van der Waals surface area contributed by atoms with Gasteiger partial charge in [-0.3, -0.25) is 10.1 Å². The van der Waals surface area contributed by atoms with Gasteiger partial charge >= 0.3 is 0 Å². The molecule has 1 N–H and O–H groups in total. The molecule has 0 aliphatic rings. The topological polar surface area (TPSA) is 89.3 Å². The number of hydrogen-bond donors (Lipinski definition) is 1. The summed E-state index contributed by atoms with van der Waals surface area (Å²) >= 11 is 0. The van der Waals surface area contributed by atoms with Gasteiger partial charge in [0.25, 0.3) is 5.69 Å². The third kappa shape index (κ3) is 5.39. The van der Waals surface area contributed by atoms with Crippen molar-refractivity contribution >= 4 is 15.7 Å². The van der Waals surface area contributed by atoms with Crippen LogP contribution in [0.25, 0.3) is 0 Å². The number of sulfonamides is 1. The van der Waals surface area contributed by atoms with Crippen molar-refractivity contribution in [2.24, 2.45) is 0 Å². The molecule has 2 rings (SSSR count). The number of halogens is 1. The zero-order chi connectivity index (χ0) is 17.6. The highest BCUT2D eigenvalue weighted by atomic mass is 32.2. The van der Waals surface area contributed by atoms with E-state index in [-0.39, 0.29) is 24.4 Å². The summed E-state index contributed by atoms with van der Waals surface area (Å²) in [5, 5.41) is 10.6. The van der Waals surface area contributed by atoms with Crippen LogP contribution >= 0.6 is 0 Å². The third-order valence-electron chi connectivity index (χ3n) is 3.48. The second kappa shape index (κ2) is 7.98. The van der Waals surface area contributed by atoms with Crippen molar-refractivity contribution in [2.75, 3.05) is 12.3 Å². The SMILES string of the molecule is O=[N+]([O-])c1ccc(CCNS(=O)(=O)CCc2ccccc2F)cc1. The number of rotatable bonds is 8. The first-order chi connectivity index (χ1) is 11.4. The van der Waals surface area contributed by atoms with Crippen LogP contribution in [0.1, 0.15) is 11.1 Å². The van der Waals surface area contributed by atoms with Crippen molar-refractivity contribution in [2.45, 2.75) is 12.8 Å². The first kappa shape index (κ1) is 18.0. The molecular formula is C16H17FN2O4S. The summed E-state index contributed by atoms with van der Waals surface area (Å²) in [6.07, 6.45) is 0.510. The Morgan fingerprint density at radius 3 is 2.33 bits per heavy atom. The predicted molar refractivity (Wildman–Crippen MR) is 88.7 cm³/mol. The van der Waals surface area contributed by atoms with Crippen molar-refractivity contribution in [3.63, 3.8) is 0 Å². The van der Waals surface area contributed by atoms with Gasteiger partial charge in [-0.2, -0.15) is 0 Å². The number of benzene rings is 2. The van der Waals surface area contributed by atoms with Gasteiger partial charge in [0.15, 0.2) is 0 Å². The number of aryl methyl sites for hydroxylation is 1. The molecule has 0 atom stereocenters. The summed E-state index contributed by atoms with van der Waals surface area (Å²) in [5.41, 5.74) is 1.14. The van der Waals surface area contributed by atoms with Gasteiger partial charge in [-0.25, -0.2) is 17.5 Å². The molecule has 0 unspecified atom stereocenters. The molecule has 0 aliphatic carbocycles. The van der Waals surface area contributed by atoms with Gasteiger partial charge < -0.3 is 0 Å².